The number of para-hydroxylation sites is 2. The Kier molecular flexibility index (Phi) is 6.94. The molecule has 4 rings (SSSR count). The Labute approximate surface area is 199 Å². The zero-order chi connectivity index (χ0) is 24.1. The number of carbonyl (C=O) groups excluding carboxylic acids is 1. The first kappa shape index (κ1) is 23.1. The van der Waals surface area contributed by atoms with Gasteiger partial charge in [-0.25, -0.2) is 4.68 Å². The number of aromatic nitrogens is 2. The van der Waals surface area contributed by atoms with E-state index in [1.165, 1.54) is 0 Å². The maximum absolute atomic E-state index is 13.6. The molecule has 174 valence electrons. The lowest BCUT2D eigenvalue weighted by Crippen LogP contribution is -2.17. The van der Waals surface area contributed by atoms with Crippen LogP contribution in [-0.2, 0) is 6.54 Å². The summed E-state index contributed by atoms with van der Waals surface area (Å²) in [6.07, 6.45) is 1.75. The third-order valence-corrected chi connectivity index (χ3v) is 5.40. The van der Waals surface area contributed by atoms with Gasteiger partial charge in [0.15, 0.2) is 0 Å². The number of amides is 1. The van der Waals surface area contributed by atoms with E-state index in [1.54, 1.807) is 31.2 Å². The zero-order valence-corrected chi connectivity index (χ0v) is 19.8. The van der Waals surface area contributed by atoms with Gasteiger partial charge < -0.3 is 19.7 Å². The summed E-state index contributed by atoms with van der Waals surface area (Å²) in [5.41, 5.74) is 4.30. The second-order valence-corrected chi connectivity index (χ2v) is 8.09. The third kappa shape index (κ3) is 4.94. The molecular weight excluding hydrogens is 428 g/mol. The summed E-state index contributed by atoms with van der Waals surface area (Å²) in [7, 11) is 7.18. The highest BCUT2D eigenvalue weighted by Crippen LogP contribution is 2.35. The van der Waals surface area contributed by atoms with Crippen LogP contribution in [0.2, 0.25) is 0 Å². The molecule has 7 heteroatoms. The lowest BCUT2D eigenvalue weighted by atomic mass is 10.1. The summed E-state index contributed by atoms with van der Waals surface area (Å²) in [5, 5.41) is 7.86. The van der Waals surface area contributed by atoms with Gasteiger partial charge in [0.1, 0.15) is 17.2 Å². The molecule has 0 fully saturated rings. The van der Waals surface area contributed by atoms with E-state index in [2.05, 4.69) is 10.2 Å². The van der Waals surface area contributed by atoms with E-state index in [0.29, 0.717) is 34.9 Å². The summed E-state index contributed by atoms with van der Waals surface area (Å²) in [4.78, 5) is 15.6. The van der Waals surface area contributed by atoms with Crippen LogP contribution in [-0.4, -0.2) is 48.9 Å². The standard InChI is InChI=1S/C27H28N4O3/c1-30(2)17-19-10-8-9-13-24(19)28-27(32)23-18-31(20-11-6-5-7-12-20)29-26(23)22-15-14-21(33-3)16-25(22)34-4/h5-16,18H,17H2,1-4H3,(H,28,32). The molecule has 3 aromatic carbocycles. The van der Waals surface area contributed by atoms with Crippen LogP contribution in [0.1, 0.15) is 15.9 Å². The van der Waals surface area contributed by atoms with Crippen LogP contribution in [0.25, 0.3) is 16.9 Å². The van der Waals surface area contributed by atoms with Gasteiger partial charge in [-0.2, -0.15) is 5.10 Å². The minimum Gasteiger partial charge on any atom is -0.497 e. The van der Waals surface area contributed by atoms with Crippen LogP contribution in [0.4, 0.5) is 5.69 Å². The minimum absolute atomic E-state index is 0.249. The molecule has 0 radical (unpaired) electrons. The minimum atomic E-state index is -0.249. The summed E-state index contributed by atoms with van der Waals surface area (Å²) < 4.78 is 12.6. The number of benzene rings is 3. The van der Waals surface area contributed by atoms with Gasteiger partial charge in [-0.15, -0.1) is 0 Å². The maximum atomic E-state index is 13.6. The first-order chi connectivity index (χ1) is 16.5. The summed E-state index contributed by atoms with van der Waals surface area (Å²) in [6.45, 7) is 0.707. The summed E-state index contributed by atoms with van der Waals surface area (Å²) in [5.74, 6) is 0.979. The van der Waals surface area contributed by atoms with Crippen molar-refractivity contribution in [3.8, 4) is 28.4 Å². The van der Waals surface area contributed by atoms with Gasteiger partial charge in [0.05, 0.1) is 25.5 Å². The van der Waals surface area contributed by atoms with Gasteiger partial charge in [0.25, 0.3) is 5.91 Å². The molecule has 0 aliphatic rings. The van der Waals surface area contributed by atoms with E-state index >= 15 is 0 Å². The highest BCUT2D eigenvalue weighted by atomic mass is 16.5. The number of hydrogen-bond acceptors (Lipinski definition) is 5. The van der Waals surface area contributed by atoms with Crippen LogP contribution in [0, 0.1) is 0 Å². The average Bonchev–Trinajstić information content (AvgIpc) is 3.30. The van der Waals surface area contributed by atoms with Crippen molar-refractivity contribution in [3.63, 3.8) is 0 Å². The topological polar surface area (TPSA) is 68.6 Å². The van der Waals surface area contributed by atoms with Gasteiger partial charge in [-0.3, -0.25) is 4.79 Å². The molecule has 34 heavy (non-hydrogen) atoms. The van der Waals surface area contributed by atoms with Gasteiger partial charge in [-0.1, -0.05) is 36.4 Å². The van der Waals surface area contributed by atoms with E-state index < -0.39 is 0 Å². The Morgan fingerprint density at radius 1 is 0.971 bits per heavy atom. The fraction of sp³-hybridized carbons (Fsp3) is 0.185. The Bertz CT molecular complexity index is 1280. The normalized spacial score (nSPS) is 10.9. The highest BCUT2D eigenvalue weighted by molar-refractivity contribution is 6.08. The van der Waals surface area contributed by atoms with E-state index in [1.807, 2.05) is 80.8 Å². The molecular formula is C27H28N4O3. The Hall–Kier alpha value is -4.10. The molecule has 0 bridgehead atoms. The van der Waals surface area contributed by atoms with E-state index in [-0.39, 0.29) is 5.91 Å². The molecule has 0 spiro atoms. The van der Waals surface area contributed by atoms with Crippen molar-refractivity contribution in [2.24, 2.45) is 0 Å². The molecule has 1 amide bonds. The number of nitrogens with one attached hydrogen (secondary N) is 1. The SMILES string of the molecule is COc1ccc(-c2nn(-c3ccccc3)cc2C(=O)Nc2ccccc2CN(C)C)c(OC)c1. The molecule has 0 aliphatic carbocycles. The Morgan fingerprint density at radius 3 is 2.41 bits per heavy atom. The predicted molar refractivity (Wildman–Crippen MR) is 134 cm³/mol. The van der Waals surface area contributed by atoms with Crippen LogP contribution in [0.3, 0.4) is 0 Å². The van der Waals surface area contributed by atoms with E-state index in [9.17, 15) is 4.79 Å². The van der Waals surface area contributed by atoms with Crippen molar-refractivity contribution in [2.75, 3.05) is 33.6 Å². The molecule has 0 unspecified atom stereocenters. The van der Waals surface area contributed by atoms with Gasteiger partial charge in [0.2, 0.25) is 0 Å². The van der Waals surface area contributed by atoms with Crippen molar-refractivity contribution >= 4 is 11.6 Å². The van der Waals surface area contributed by atoms with Crippen LogP contribution in [0.15, 0.2) is 79.0 Å². The predicted octanol–water partition coefficient (Wildman–Crippen LogP) is 4.87. The van der Waals surface area contributed by atoms with Crippen molar-refractivity contribution in [1.82, 2.24) is 14.7 Å². The lowest BCUT2D eigenvalue weighted by Gasteiger charge is -2.15. The molecule has 0 saturated heterocycles. The number of rotatable bonds is 8. The molecule has 0 aliphatic heterocycles. The maximum Gasteiger partial charge on any atom is 0.259 e. The first-order valence-corrected chi connectivity index (χ1v) is 10.9. The monoisotopic (exact) mass is 456 g/mol. The number of methoxy groups -OCH3 is 2. The van der Waals surface area contributed by atoms with Crippen LogP contribution in [0.5, 0.6) is 11.5 Å². The fourth-order valence-electron chi connectivity index (χ4n) is 3.76. The van der Waals surface area contributed by atoms with Crippen molar-refractivity contribution in [3.05, 3.63) is 90.1 Å². The number of nitrogens with zero attached hydrogens (tertiary/aromatic N) is 3. The van der Waals surface area contributed by atoms with Gasteiger partial charge in [0, 0.05) is 30.1 Å². The van der Waals surface area contributed by atoms with Crippen molar-refractivity contribution < 1.29 is 14.3 Å². The number of anilines is 1. The smallest absolute Gasteiger partial charge is 0.259 e. The van der Waals surface area contributed by atoms with Crippen molar-refractivity contribution in [1.29, 1.82) is 0 Å². The molecule has 4 aromatic rings. The number of hydrogen-bond donors (Lipinski definition) is 1. The Morgan fingerprint density at radius 2 is 1.71 bits per heavy atom. The number of carbonyl (C=O) groups is 1. The third-order valence-electron chi connectivity index (χ3n) is 5.40. The number of ether oxygens (including phenoxy) is 2. The quantitative estimate of drug-likeness (QED) is 0.410. The van der Waals surface area contributed by atoms with Crippen LogP contribution < -0.4 is 14.8 Å². The molecule has 0 saturated carbocycles. The average molecular weight is 457 g/mol. The Balaban J connectivity index is 1.79. The fourth-order valence-corrected chi connectivity index (χ4v) is 3.76. The van der Waals surface area contributed by atoms with E-state index in [4.69, 9.17) is 14.6 Å². The molecule has 7 nitrogen and oxygen atoms in total. The molecule has 1 heterocycles. The second-order valence-electron chi connectivity index (χ2n) is 8.09. The zero-order valence-electron chi connectivity index (χ0n) is 19.8. The van der Waals surface area contributed by atoms with E-state index in [0.717, 1.165) is 16.9 Å². The highest BCUT2D eigenvalue weighted by Gasteiger charge is 2.22. The lowest BCUT2D eigenvalue weighted by molar-refractivity contribution is 0.102. The molecule has 0 atom stereocenters. The van der Waals surface area contributed by atoms with Gasteiger partial charge >= 0.3 is 0 Å². The molecule has 1 aromatic heterocycles. The summed E-state index contributed by atoms with van der Waals surface area (Å²) >= 11 is 0. The molecule has 1 N–H and O–H groups in total. The van der Waals surface area contributed by atoms with Gasteiger partial charge in [-0.05, 0) is 50.0 Å². The second kappa shape index (κ2) is 10.2. The van der Waals surface area contributed by atoms with Crippen LogP contribution >= 0.6 is 0 Å². The van der Waals surface area contributed by atoms with Crippen molar-refractivity contribution in [2.45, 2.75) is 6.54 Å². The largest absolute Gasteiger partial charge is 0.497 e. The summed E-state index contributed by atoms with van der Waals surface area (Å²) in [6, 6.07) is 22.9. The first-order valence-electron chi connectivity index (χ1n) is 10.9.